The number of pyridine rings is 4. The van der Waals surface area contributed by atoms with Gasteiger partial charge in [-0.05, 0) is 241 Å². The second-order valence-corrected chi connectivity index (χ2v) is 35.4. The maximum atomic E-state index is 13.2. The summed E-state index contributed by atoms with van der Waals surface area (Å²) in [6.45, 7) is 23.6. The summed E-state index contributed by atoms with van der Waals surface area (Å²) in [5.41, 5.74) is 24.6. The molecule has 4 aromatic carbocycles. The molecule has 0 saturated carbocycles. The highest BCUT2D eigenvalue weighted by Gasteiger charge is 2.35. The van der Waals surface area contributed by atoms with Crippen LogP contribution >= 0.6 is 0 Å². The Morgan fingerprint density at radius 2 is 0.604 bits per heavy atom. The number of benzene rings is 4. The first-order valence-electron chi connectivity index (χ1n) is 45.4. The van der Waals surface area contributed by atoms with Crippen LogP contribution in [0.1, 0.15) is 199 Å². The molecule has 0 radical (unpaired) electrons. The summed E-state index contributed by atoms with van der Waals surface area (Å²) < 4.78 is 182. The molecule has 16 heterocycles. The zero-order valence-corrected chi connectivity index (χ0v) is 77.2. The highest BCUT2D eigenvalue weighted by molar-refractivity contribution is 6.08. The quantitative estimate of drug-likeness (QED) is 0.0569. The van der Waals surface area contributed by atoms with Crippen LogP contribution in [0.5, 0.6) is 0 Å². The van der Waals surface area contributed by atoms with Crippen molar-refractivity contribution >= 4 is 87.7 Å². The summed E-state index contributed by atoms with van der Waals surface area (Å²) >= 11 is 0. The van der Waals surface area contributed by atoms with Gasteiger partial charge in [-0.1, -0.05) is 20.6 Å². The van der Waals surface area contributed by atoms with Crippen molar-refractivity contribution in [1.29, 1.82) is 0 Å². The average Bonchev–Trinajstić information content (AvgIpc) is 1.51. The van der Waals surface area contributed by atoms with Crippen LogP contribution in [0.4, 0.5) is 39.5 Å². The molecule has 0 bridgehead atoms. The molecular weight excluding hydrogens is 1750 g/mol. The molecule has 0 spiro atoms. The van der Waals surface area contributed by atoms with Gasteiger partial charge in [-0.2, -0.15) is 39.5 Å². The van der Waals surface area contributed by atoms with Gasteiger partial charge in [-0.25, -0.2) is 19.9 Å². The van der Waals surface area contributed by atoms with Crippen molar-refractivity contribution < 1.29 is 90.8 Å². The van der Waals surface area contributed by atoms with Gasteiger partial charge in [-0.3, -0.25) is 19.9 Å². The number of halogens is 9. The maximum absolute atomic E-state index is 13.2. The number of ether oxygens (including phenoxy) is 7. The molecule has 27 nitrogen and oxygen atoms in total. The van der Waals surface area contributed by atoms with Crippen LogP contribution in [-0.4, -0.2) is 177 Å². The van der Waals surface area contributed by atoms with E-state index in [1.165, 1.54) is 0 Å². The van der Waals surface area contributed by atoms with Crippen molar-refractivity contribution in [1.82, 2.24) is 78.8 Å². The lowest BCUT2D eigenvalue weighted by atomic mass is 9.96. The van der Waals surface area contributed by atoms with Crippen LogP contribution in [0.25, 0.3) is 132 Å². The normalized spacial score (nSPS) is 15.9. The Kier molecular flexibility index (Phi) is 27.9. The second-order valence-electron chi connectivity index (χ2n) is 35.4. The third-order valence-electron chi connectivity index (χ3n) is 26.2. The standard InChI is InChI=1S/2C25H28F2N4O3.C24H25F3N4O2.C24H26F2N4O3/c2*1-13-9-19-20(10-18(13)22-15(3)30-34-16(22)4)28-11-21-23(19)31(14(2)12-33-25(26)27)24(29-21)17-5-7-32-8-6-17;1-13-10-18-19(11-17(13)21-14(2)30-33-15(21)3)28-12-20-22(18)31(7-6-24(25,26)27)23(29-20)16-4-8-32-9-5-16;1-13-10-18-19(11-17(13)21-14(2)29-33-15(21)3)27-12-20-22(18)30(6-9-32-24(25)26)23(28-20)16-4-7-31-8-5-16/h2*9-11,14,17,25H,5-8,12H2,1-4H3;10-12,16H,4-9H2,1-3H3;10-12,16,24H,4-9H2,1-3H3/t2*14-;;/m10../s1. The lowest BCUT2D eigenvalue weighted by molar-refractivity contribution is -0.137. The predicted molar refractivity (Wildman–Crippen MR) is 486 cm³/mol. The van der Waals surface area contributed by atoms with Crippen LogP contribution < -0.4 is 0 Å². The van der Waals surface area contributed by atoms with Crippen LogP contribution in [0.3, 0.4) is 0 Å². The summed E-state index contributed by atoms with van der Waals surface area (Å²) in [5, 5.41) is 19.9. The monoisotopic (exact) mass is 1850 g/mol. The molecule has 4 aliphatic heterocycles. The minimum absolute atomic E-state index is 0.0668. The fraction of sp³-hybridized carbons (Fsp3) is 0.469. The van der Waals surface area contributed by atoms with Crippen LogP contribution in [-0.2, 0) is 46.2 Å². The highest BCUT2D eigenvalue weighted by atomic mass is 19.4. The van der Waals surface area contributed by atoms with Crippen molar-refractivity contribution in [2.45, 2.75) is 230 Å². The number of aryl methyl sites for hydroxylation is 13. The van der Waals surface area contributed by atoms with E-state index in [4.69, 9.17) is 76.4 Å². The Morgan fingerprint density at radius 3 is 0.873 bits per heavy atom. The van der Waals surface area contributed by atoms with Gasteiger partial charge in [0, 0.05) is 133 Å². The van der Waals surface area contributed by atoms with Gasteiger partial charge in [-0.15, -0.1) is 0 Å². The van der Waals surface area contributed by atoms with E-state index < -0.39 is 32.4 Å². The Bertz CT molecular complexity index is 6680. The zero-order chi connectivity index (χ0) is 94.4. The highest BCUT2D eigenvalue weighted by Crippen LogP contribution is 2.45. The van der Waals surface area contributed by atoms with Crippen LogP contribution in [0.15, 0.2) is 91.4 Å². The van der Waals surface area contributed by atoms with Crippen molar-refractivity contribution in [2.75, 3.05) is 72.7 Å². The first kappa shape index (κ1) is 94.1. The van der Waals surface area contributed by atoms with Crippen molar-refractivity contribution in [2.24, 2.45) is 0 Å². The molecule has 2 atom stereocenters. The fourth-order valence-corrected chi connectivity index (χ4v) is 19.8. The second kappa shape index (κ2) is 39.7. The summed E-state index contributed by atoms with van der Waals surface area (Å²) in [6.07, 6.45) is 8.35. The van der Waals surface area contributed by atoms with E-state index in [1.807, 2.05) is 132 Å². The van der Waals surface area contributed by atoms with Gasteiger partial charge >= 0.3 is 26.0 Å². The molecular formula is C98H107F9N16O11. The number of hydrogen-bond donors (Lipinski definition) is 0. The molecule has 16 aromatic rings. The predicted octanol–water partition coefficient (Wildman–Crippen LogP) is 23.0. The number of imidazole rings is 4. The van der Waals surface area contributed by atoms with Crippen LogP contribution in [0, 0.1) is 83.1 Å². The summed E-state index contributed by atoms with van der Waals surface area (Å²) in [7, 11) is 0. The zero-order valence-electron chi connectivity index (χ0n) is 77.2. The van der Waals surface area contributed by atoms with E-state index >= 15 is 0 Å². The molecule has 0 N–H and O–H groups in total. The average molecular weight is 1860 g/mol. The first-order chi connectivity index (χ1) is 64.4. The van der Waals surface area contributed by atoms with Gasteiger partial charge < -0.3 is 69.5 Å². The van der Waals surface area contributed by atoms with E-state index in [1.54, 1.807) is 29.4 Å². The molecule has 134 heavy (non-hydrogen) atoms. The van der Waals surface area contributed by atoms with E-state index in [0.29, 0.717) is 81.0 Å². The van der Waals surface area contributed by atoms with E-state index in [0.717, 1.165) is 247 Å². The van der Waals surface area contributed by atoms with E-state index in [9.17, 15) is 39.5 Å². The third-order valence-corrected chi connectivity index (χ3v) is 26.2. The van der Waals surface area contributed by atoms with Gasteiger partial charge in [0.05, 0.1) is 130 Å². The van der Waals surface area contributed by atoms with Gasteiger partial charge in [0.2, 0.25) is 0 Å². The number of aromatic nitrogens is 16. The smallest absolute Gasteiger partial charge is 0.381 e. The third kappa shape index (κ3) is 19.3. The number of nitrogens with zero attached hydrogens (tertiary/aromatic N) is 16. The first-order valence-corrected chi connectivity index (χ1v) is 45.4. The van der Waals surface area contributed by atoms with Crippen molar-refractivity contribution in [3.8, 4) is 44.5 Å². The molecule has 0 aliphatic carbocycles. The number of alkyl halides is 9. The minimum atomic E-state index is -4.25. The molecule has 708 valence electrons. The largest absolute Gasteiger partial charge is 0.390 e. The Labute approximate surface area is 765 Å². The number of hydrogen-bond acceptors (Lipinski definition) is 23. The molecule has 4 saturated heterocycles. The maximum Gasteiger partial charge on any atom is 0.390 e. The lowest BCUT2D eigenvalue weighted by Crippen LogP contribution is -2.22. The summed E-state index contributed by atoms with van der Waals surface area (Å²) in [4.78, 5) is 38.3. The van der Waals surface area contributed by atoms with Crippen molar-refractivity contribution in [3.63, 3.8) is 0 Å². The Morgan fingerprint density at radius 1 is 0.343 bits per heavy atom. The number of fused-ring (bicyclic) bond motifs is 12. The minimum Gasteiger partial charge on any atom is -0.381 e. The molecule has 0 amide bonds. The Balaban J connectivity index is 0.000000124. The molecule has 12 aromatic heterocycles. The molecule has 20 rings (SSSR count). The van der Waals surface area contributed by atoms with Crippen molar-refractivity contribution in [3.05, 3.63) is 165 Å². The van der Waals surface area contributed by atoms with Crippen LogP contribution in [0.2, 0.25) is 0 Å². The molecule has 36 heteroatoms. The Hall–Kier alpha value is -11.7. The topological polar surface area (TPSA) is 292 Å². The van der Waals surface area contributed by atoms with Gasteiger partial charge in [0.15, 0.2) is 0 Å². The SMILES string of the molecule is Cc1cc2c(cc1-c1c(C)noc1C)ncc1nc(C3CCOCC3)n(CCC(F)(F)F)c12.Cc1cc2c(cc1-c1c(C)noc1C)ncc1nc(C3CCOCC3)n(CCOC(F)F)c12.Cc1cc2c(cc1-c1c(C)noc1C)ncc1nc(C3CCOCC3)n([C@@H](C)COC(F)F)c12.Cc1cc2c(cc1-c1c(C)noc1C)ncc1nc(C3CCOCC3)n([C@H](C)COC(F)F)c12. The number of rotatable bonds is 22. The molecule has 4 fully saturated rings. The summed E-state index contributed by atoms with van der Waals surface area (Å²) in [6, 6.07) is 15.7. The van der Waals surface area contributed by atoms with Gasteiger partial charge in [0.1, 0.15) is 68.4 Å². The summed E-state index contributed by atoms with van der Waals surface area (Å²) in [5.74, 6) is 6.97. The fourth-order valence-electron chi connectivity index (χ4n) is 19.8. The molecule has 0 unspecified atom stereocenters. The van der Waals surface area contributed by atoms with Gasteiger partial charge in [0.25, 0.3) is 0 Å². The van der Waals surface area contributed by atoms with E-state index in [2.05, 4.69) is 62.7 Å². The lowest BCUT2D eigenvalue weighted by Gasteiger charge is -2.25. The molecule has 4 aliphatic rings. The van der Waals surface area contributed by atoms with E-state index in [-0.39, 0.29) is 68.7 Å².